The number of halogens is 3. The molecule has 10 heteroatoms. The molecule has 3 N–H and O–H groups in total. The normalized spacial score (nSPS) is 11.8. The molecule has 2 amide bonds. The first-order chi connectivity index (χ1) is 12.0. The van der Waals surface area contributed by atoms with Gasteiger partial charge >= 0.3 is 18.2 Å². The Kier molecular flexibility index (Phi) is 5.24. The number of amides is 2. The van der Waals surface area contributed by atoms with E-state index in [1.165, 1.54) is 6.07 Å². The Balaban J connectivity index is 2.20. The van der Waals surface area contributed by atoms with E-state index in [0.717, 1.165) is 0 Å². The molecule has 0 radical (unpaired) electrons. The van der Waals surface area contributed by atoms with Gasteiger partial charge in [-0.05, 0) is 26.8 Å². The van der Waals surface area contributed by atoms with E-state index in [9.17, 15) is 22.8 Å². The van der Waals surface area contributed by atoms with Crippen LogP contribution >= 0.6 is 0 Å². The average Bonchev–Trinajstić information content (AvgIpc) is 2.93. The molecule has 2 aromatic rings. The summed E-state index contributed by atoms with van der Waals surface area (Å²) in [5.41, 5.74) is 0.425. The zero-order chi connectivity index (χ0) is 19.5. The molecular weight excluding hydrogens is 353 g/mol. The van der Waals surface area contributed by atoms with Crippen molar-refractivity contribution < 1.29 is 27.5 Å². The SMILES string of the molecule is CC(C)(C)OC(=O)Nc1ccccc1-c1cc(NC(=O)C(F)(F)F)n[nH]1. The third-order valence-corrected chi connectivity index (χ3v) is 2.93. The molecular formula is C16H17F3N4O3. The van der Waals surface area contributed by atoms with Crippen molar-refractivity contribution in [3.8, 4) is 11.3 Å². The van der Waals surface area contributed by atoms with E-state index in [1.54, 1.807) is 50.4 Å². The molecule has 140 valence electrons. The first-order valence-electron chi connectivity index (χ1n) is 7.49. The van der Waals surface area contributed by atoms with Crippen molar-refractivity contribution in [1.29, 1.82) is 0 Å². The van der Waals surface area contributed by atoms with Gasteiger partial charge in [0.1, 0.15) is 5.60 Å². The van der Waals surface area contributed by atoms with Gasteiger partial charge < -0.3 is 10.1 Å². The third-order valence-electron chi connectivity index (χ3n) is 2.93. The Morgan fingerprint density at radius 1 is 1.12 bits per heavy atom. The van der Waals surface area contributed by atoms with Crippen LogP contribution in [0.25, 0.3) is 11.3 Å². The number of carbonyl (C=O) groups excluding carboxylic acids is 2. The predicted molar refractivity (Wildman–Crippen MR) is 88.6 cm³/mol. The number of hydrogen-bond acceptors (Lipinski definition) is 4. The molecule has 0 aliphatic rings. The van der Waals surface area contributed by atoms with Crippen LogP contribution < -0.4 is 10.6 Å². The Morgan fingerprint density at radius 2 is 1.77 bits per heavy atom. The lowest BCUT2D eigenvalue weighted by molar-refractivity contribution is -0.167. The summed E-state index contributed by atoms with van der Waals surface area (Å²) in [6.45, 7) is 5.13. The molecule has 2 rings (SSSR count). The number of nitrogens with zero attached hydrogens (tertiary/aromatic N) is 1. The van der Waals surface area contributed by atoms with Gasteiger partial charge in [0.05, 0.1) is 11.4 Å². The highest BCUT2D eigenvalue weighted by atomic mass is 19.4. The van der Waals surface area contributed by atoms with E-state index in [2.05, 4.69) is 15.5 Å². The molecule has 7 nitrogen and oxygen atoms in total. The van der Waals surface area contributed by atoms with Gasteiger partial charge in [-0.15, -0.1) is 0 Å². The molecule has 0 unspecified atom stereocenters. The molecule has 0 saturated carbocycles. The lowest BCUT2D eigenvalue weighted by atomic mass is 10.1. The maximum Gasteiger partial charge on any atom is 0.471 e. The van der Waals surface area contributed by atoms with Crippen LogP contribution in [0, 0.1) is 0 Å². The Bertz CT molecular complexity index is 810. The van der Waals surface area contributed by atoms with Crippen molar-refractivity contribution in [3.63, 3.8) is 0 Å². The Hall–Kier alpha value is -3.04. The second kappa shape index (κ2) is 7.06. The summed E-state index contributed by atoms with van der Waals surface area (Å²) in [5, 5.41) is 10.3. The number of carbonyl (C=O) groups is 2. The van der Waals surface area contributed by atoms with E-state index < -0.39 is 23.8 Å². The van der Waals surface area contributed by atoms with Gasteiger partial charge in [-0.3, -0.25) is 15.2 Å². The first-order valence-corrected chi connectivity index (χ1v) is 7.49. The van der Waals surface area contributed by atoms with Crippen LogP contribution in [0.2, 0.25) is 0 Å². The molecule has 0 atom stereocenters. The smallest absolute Gasteiger partial charge is 0.444 e. The van der Waals surface area contributed by atoms with Crippen LogP contribution in [0.1, 0.15) is 20.8 Å². The van der Waals surface area contributed by atoms with Crippen molar-refractivity contribution >= 4 is 23.5 Å². The summed E-state index contributed by atoms with van der Waals surface area (Å²) < 4.78 is 42.1. The van der Waals surface area contributed by atoms with E-state index >= 15 is 0 Å². The number of H-pyrrole nitrogens is 1. The largest absolute Gasteiger partial charge is 0.471 e. The Morgan fingerprint density at radius 3 is 2.38 bits per heavy atom. The number of benzene rings is 1. The van der Waals surface area contributed by atoms with Gasteiger partial charge in [-0.25, -0.2) is 4.79 Å². The van der Waals surface area contributed by atoms with Crippen LogP contribution in [-0.2, 0) is 9.53 Å². The highest BCUT2D eigenvalue weighted by molar-refractivity contribution is 5.95. The minimum Gasteiger partial charge on any atom is -0.444 e. The molecule has 0 bridgehead atoms. The maximum atomic E-state index is 12.3. The average molecular weight is 370 g/mol. The second-order valence-electron chi connectivity index (χ2n) is 6.29. The molecule has 1 aromatic heterocycles. The van der Waals surface area contributed by atoms with Gasteiger partial charge in [0.25, 0.3) is 0 Å². The van der Waals surface area contributed by atoms with Gasteiger partial charge in [0, 0.05) is 11.6 Å². The first kappa shape index (κ1) is 19.3. The van der Waals surface area contributed by atoms with Gasteiger partial charge in [0.2, 0.25) is 0 Å². The third kappa shape index (κ3) is 5.23. The monoisotopic (exact) mass is 370 g/mol. The number of para-hydroxylation sites is 1. The van der Waals surface area contributed by atoms with Gasteiger partial charge in [-0.1, -0.05) is 18.2 Å². The van der Waals surface area contributed by atoms with Crippen molar-refractivity contribution in [2.24, 2.45) is 0 Å². The fraction of sp³-hybridized carbons (Fsp3) is 0.312. The minimum atomic E-state index is -5.02. The number of alkyl halides is 3. The molecule has 1 heterocycles. The van der Waals surface area contributed by atoms with Crippen LogP contribution in [0.15, 0.2) is 30.3 Å². The Labute approximate surface area is 146 Å². The van der Waals surface area contributed by atoms with E-state index in [4.69, 9.17) is 4.74 Å². The lowest BCUT2D eigenvalue weighted by Crippen LogP contribution is -2.30. The standard InChI is InChI=1S/C16H17F3N4O3/c1-15(2,3)26-14(25)20-10-7-5-4-6-9(10)11-8-12(23-22-11)21-13(24)16(17,18)19/h4-8H,1-3H3,(H,20,25)(H2,21,22,23,24). The van der Waals surface area contributed by atoms with E-state index in [1.807, 2.05) is 0 Å². The fourth-order valence-electron chi connectivity index (χ4n) is 1.95. The van der Waals surface area contributed by atoms with Crippen LogP contribution in [-0.4, -0.2) is 34.0 Å². The molecule has 1 aromatic carbocycles. The summed E-state index contributed by atoms with van der Waals surface area (Å²) in [5.74, 6) is -2.43. The van der Waals surface area contributed by atoms with Crippen molar-refractivity contribution in [3.05, 3.63) is 30.3 Å². The zero-order valence-electron chi connectivity index (χ0n) is 14.2. The molecule has 0 spiro atoms. The second-order valence-corrected chi connectivity index (χ2v) is 6.29. The number of aromatic amines is 1. The van der Waals surface area contributed by atoms with Crippen molar-refractivity contribution in [2.45, 2.75) is 32.5 Å². The highest BCUT2D eigenvalue weighted by Crippen LogP contribution is 2.28. The fourth-order valence-corrected chi connectivity index (χ4v) is 1.95. The van der Waals surface area contributed by atoms with Crippen molar-refractivity contribution in [1.82, 2.24) is 10.2 Å². The summed E-state index contributed by atoms with van der Waals surface area (Å²) in [6, 6.07) is 7.77. The van der Waals surface area contributed by atoms with Crippen LogP contribution in [0.3, 0.4) is 0 Å². The molecule has 0 aliphatic heterocycles. The van der Waals surface area contributed by atoms with Gasteiger partial charge in [-0.2, -0.15) is 18.3 Å². The van der Waals surface area contributed by atoms with Crippen LogP contribution in [0.5, 0.6) is 0 Å². The molecule has 26 heavy (non-hydrogen) atoms. The number of hydrogen-bond donors (Lipinski definition) is 3. The number of nitrogens with one attached hydrogen (secondary N) is 3. The number of ether oxygens (including phenoxy) is 1. The molecule has 0 aliphatic carbocycles. The number of aromatic nitrogens is 2. The summed E-state index contributed by atoms with van der Waals surface area (Å²) in [4.78, 5) is 22.9. The van der Waals surface area contributed by atoms with E-state index in [0.29, 0.717) is 16.9 Å². The highest BCUT2D eigenvalue weighted by Gasteiger charge is 2.39. The number of anilines is 2. The van der Waals surface area contributed by atoms with Gasteiger partial charge in [0.15, 0.2) is 5.82 Å². The lowest BCUT2D eigenvalue weighted by Gasteiger charge is -2.20. The molecule has 0 fully saturated rings. The molecule has 0 saturated heterocycles. The summed E-state index contributed by atoms with van der Waals surface area (Å²) in [6.07, 6.45) is -5.70. The quantitative estimate of drug-likeness (QED) is 0.763. The van der Waals surface area contributed by atoms with Crippen molar-refractivity contribution in [2.75, 3.05) is 10.6 Å². The zero-order valence-corrected chi connectivity index (χ0v) is 14.2. The topological polar surface area (TPSA) is 96.1 Å². The maximum absolute atomic E-state index is 12.3. The predicted octanol–water partition coefficient (Wildman–Crippen LogP) is 3.92. The minimum absolute atomic E-state index is 0.297. The van der Waals surface area contributed by atoms with Crippen LogP contribution in [0.4, 0.5) is 29.5 Å². The summed E-state index contributed by atoms with van der Waals surface area (Å²) in [7, 11) is 0. The number of rotatable bonds is 3. The summed E-state index contributed by atoms with van der Waals surface area (Å²) >= 11 is 0. The van der Waals surface area contributed by atoms with E-state index in [-0.39, 0.29) is 5.82 Å².